The van der Waals surface area contributed by atoms with E-state index in [2.05, 4.69) is 5.32 Å². The van der Waals surface area contributed by atoms with E-state index in [1.807, 2.05) is 19.1 Å². The van der Waals surface area contributed by atoms with Gasteiger partial charge in [-0.3, -0.25) is 19.3 Å². The van der Waals surface area contributed by atoms with E-state index in [4.69, 9.17) is 4.74 Å². The van der Waals surface area contributed by atoms with Gasteiger partial charge in [0.2, 0.25) is 5.91 Å². The Kier molecular flexibility index (Phi) is 7.08. The van der Waals surface area contributed by atoms with Crippen LogP contribution in [0.4, 0.5) is 14.9 Å². The zero-order chi connectivity index (χ0) is 24.1. The average Bonchev–Trinajstić information content (AvgIpc) is 3.08. The van der Waals surface area contributed by atoms with Crippen molar-refractivity contribution in [2.75, 3.05) is 11.9 Å². The van der Waals surface area contributed by atoms with Crippen molar-refractivity contribution in [3.05, 3.63) is 100 Å². The van der Waals surface area contributed by atoms with Crippen molar-refractivity contribution in [2.45, 2.75) is 13.5 Å². The summed E-state index contributed by atoms with van der Waals surface area (Å²) >= 11 is 0.787. The number of amides is 3. The summed E-state index contributed by atoms with van der Waals surface area (Å²) < 4.78 is 19.3. The Morgan fingerprint density at radius 2 is 1.74 bits per heavy atom. The highest BCUT2D eigenvalue weighted by Gasteiger charge is 2.36. The van der Waals surface area contributed by atoms with Gasteiger partial charge in [0.1, 0.15) is 24.7 Å². The number of carbonyl (C=O) groups excluding carboxylic acids is 3. The Morgan fingerprint density at radius 1 is 1.03 bits per heavy atom. The van der Waals surface area contributed by atoms with E-state index >= 15 is 0 Å². The lowest BCUT2D eigenvalue weighted by Crippen LogP contribution is -2.36. The predicted molar refractivity (Wildman–Crippen MR) is 130 cm³/mol. The fraction of sp³-hybridized carbons (Fsp3) is 0.115. The normalized spacial score (nSPS) is 14.5. The molecule has 0 bridgehead atoms. The minimum absolute atomic E-state index is 0.0927. The molecule has 1 heterocycles. The van der Waals surface area contributed by atoms with Crippen LogP contribution in [0.25, 0.3) is 6.08 Å². The quantitative estimate of drug-likeness (QED) is 0.463. The van der Waals surface area contributed by atoms with Crippen LogP contribution in [0.1, 0.15) is 16.7 Å². The predicted octanol–water partition coefficient (Wildman–Crippen LogP) is 5.39. The Morgan fingerprint density at radius 3 is 2.47 bits per heavy atom. The van der Waals surface area contributed by atoms with Gasteiger partial charge in [0.25, 0.3) is 11.1 Å². The van der Waals surface area contributed by atoms with Crippen molar-refractivity contribution in [2.24, 2.45) is 0 Å². The Balaban J connectivity index is 1.37. The highest BCUT2D eigenvalue weighted by atomic mass is 32.2. The second-order valence-corrected chi connectivity index (χ2v) is 8.57. The minimum atomic E-state index is -0.519. The first-order valence-electron chi connectivity index (χ1n) is 10.5. The van der Waals surface area contributed by atoms with Crippen LogP contribution in [-0.4, -0.2) is 28.5 Å². The third-order valence-corrected chi connectivity index (χ3v) is 6.03. The fourth-order valence-electron chi connectivity index (χ4n) is 3.27. The molecular weight excluding hydrogens is 455 g/mol. The molecular formula is C26H21FN2O4S. The first-order valence-corrected chi connectivity index (χ1v) is 11.3. The number of carbonyl (C=O) groups is 3. The van der Waals surface area contributed by atoms with Gasteiger partial charge in [-0.2, -0.15) is 0 Å². The van der Waals surface area contributed by atoms with Crippen molar-refractivity contribution in [3.63, 3.8) is 0 Å². The van der Waals surface area contributed by atoms with Gasteiger partial charge in [-0.1, -0.05) is 48.5 Å². The largest absolute Gasteiger partial charge is 0.489 e. The second-order valence-electron chi connectivity index (χ2n) is 7.58. The summed E-state index contributed by atoms with van der Waals surface area (Å²) in [6, 6.07) is 20.5. The summed E-state index contributed by atoms with van der Waals surface area (Å²) in [5, 5.41) is 2.23. The Bertz CT molecular complexity index is 1270. The van der Waals surface area contributed by atoms with Gasteiger partial charge in [-0.05, 0) is 60.2 Å². The molecule has 0 aromatic heterocycles. The van der Waals surface area contributed by atoms with Crippen LogP contribution in [-0.2, 0) is 16.2 Å². The molecule has 34 heavy (non-hydrogen) atoms. The first kappa shape index (κ1) is 23.3. The fourth-order valence-corrected chi connectivity index (χ4v) is 4.11. The monoisotopic (exact) mass is 476 g/mol. The molecule has 0 spiro atoms. The van der Waals surface area contributed by atoms with Crippen LogP contribution in [0.15, 0.2) is 77.7 Å². The number of nitrogens with zero attached hydrogens (tertiary/aromatic N) is 1. The molecule has 1 aliphatic rings. The maximum Gasteiger partial charge on any atom is 0.294 e. The zero-order valence-corrected chi connectivity index (χ0v) is 19.1. The molecule has 1 aliphatic heterocycles. The van der Waals surface area contributed by atoms with E-state index in [9.17, 15) is 18.8 Å². The molecule has 0 saturated carbocycles. The summed E-state index contributed by atoms with van der Waals surface area (Å²) in [5.74, 6) is -0.757. The van der Waals surface area contributed by atoms with E-state index in [-0.39, 0.29) is 23.9 Å². The molecule has 8 heteroatoms. The topological polar surface area (TPSA) is 75.7 Å². The van der Waals surface area contributed by atoms with Gasteiger partial charge in [0.05, 0.1) is 4.91 Å². The summed E-state index contributed by atoms with van der Waals surface area (Å²) in [7, 11) is 0. The number of para-hydroxylation sites is 1. The summed E-state index contributed by atoms with van der Waals surface area (Å²) in [6.07, 6.45) is 1.59. The lowest BCUT2D eigenvalue weighted by Gasteiger charge is -2.13. The molecule has 3 amide bonds. The van der Waals surface area contributed by atoms with E-state index in [1.54, 1.807) is 60.7 Å². The van der Waals surface area contributed by atoms with Crippen LogP contribution < -0.4 is 10.1 Å². The van der Waals surface area contributed by atoms with Crippen molar-refractivity contribution in [1.29, 1.82) is 0 Å². The number of benzene rings is 3. The molecule has 3 aromatic rings. The number of hydrogen-bond acceptors (Lipinski definition) is 5. The number of imide groups is 1. The third-order valence-electron chi connectivity index (χ3n) is 5.12. The highest BCUT2D eigenvalue weighted by Crippen LogP contribution is 2.32. The van der Waals surface area contributed by atoms with E-state index in [1.165, 1.54) is 6.07 Å². The lowest BCUT2D eigenvalue weighted by molar-refractivity contribution is -0.127. The van der Waals surface area contributed by atoms with Crippen LogP contribution in [0.5, 0.6) is 5.75 Å². The number of nitrogens with one attached hydrogen (secondary N) is 1. The third kappa shape index (κ3) is 5.52. The first-order chi connectivity index (χ1) is 16.4. The van der Waals surface area contributed by atoms with Crippen molar-refractivity contribution < 1.29 is 23.5 Å². The maximum absolute atomic E-state index is 13.7. The molecule has 3 aromatic carbocycles. The standard InChI is InChI=1S/C26H21FN2O4S/c1-17-6-2-5-9-22(17)28-24(30)15-29-25(31)23(34-26(29)32)14-18-10-12-20(13-11-18)33-16-19-7-3-4-8-21(19)27/h2-14H,15-16H2,1H3,(H,28,30)/b23-14+. The molecule has 172 valence electrons. The molecule has 0 atom stereocenters. The van der Waals surface area contributed by atoms with E-state index in [0.717, 1.165) is 22.2 Å². The lowest BCUT2D eigenvalue weighted by atomic mass is 10.2. The Labute approximate surface area is 200 Å². The van der Waals surface area contributed by atoms with Gasteiger partial charge >= 0.3 is 0 Å². The molecule has 4 rings (SSSR count). The number of rotatable bonds is 7. The number of aryl methyl sites for hydroxylation is 1. The van der Waals surface area contributed by atoms with Crippen molar-refractivity contribution in [3.8, 4) is 5.75 Å². The zero-order valence-electron chi connectivity index (χ0n) is 18.3. The molecule has 1 N–H and O–H groups in total. The molecule has 6 nitrogen and oxygen atoms in total. The van der Waals surface area contributed by atoms with Crippen LogP contribution in [0.2, 0.25) is 0 Å². The Hall–Kier alpha value is -3.91. The van der Waals surface area contributed by atoms with Crippen molar-refractivity contribution in [1.82, 2.24) is 4.90 Å². The van der Waals surface area contributed by atoms with Gasteiger partial charge in [-0.15, -0.1) is 0 Å². The minimum Gasteiger partial charge on any atom is -0.489 e. The maximum atomic E-state index is 13.7. The van der Waals surface area contributed by atoms with Gasteiger partial charge in [-0.25, -0.2) is 4.39 Å². The van der Waals surface area contributed by atoms with Crippen LogP contribution >= 0.6 is 11.8 Å². The number of hydrogen-bond donors (Lipinski definition) is 1. The van der Waals surface area contributed by atoms with E-state index in [0.29, 0.717) is 22.6 Å². The van der Waals surface area contributed by atoms with E-state index < -0.39 is 17.1 Å². The summed E-state index contributed by atoms with van der Waals surface area (Å²) in [6.45, 7) is 1.59. The SMILES string of the molecule is Cc1ccccc1NC(=O)CN1C(=O)S/C(=C/c2ccc(OCc3ccccc3F)cc2)C1=O. The highest BCUT2D eigenvalue weighted by molar-refractivity contribution is 8.18. The van der Waals surface area contributed by atoms with Crippen LogP contribution in [0, 0.1) is 12.7 Å². The van der Waals surface area contributed by atoms with Gasteiger partial charge in [0, 0.05) is 11.3 Å². The molecule has 1 fully saturated rings. The summed E-state index contributed by atoms with van der Waals surface area (Å²) in [4.78, 5) is 38.6. The summed E-state index contributed by atoms with van der Waals surface area (Å²) in [5.41, 5.74) is 2.65. The smallest absolute Gasteiger partial charge is 0.294 e. The molecule has 0 aliphatic carbocycles. The number of ether oxygens (including phenoxy) is 1. The number of halogens is 1. The average molecular weight is 477 g/mol. The molecule has 0 unspecified atom stereocenters. The number of thioether (sulfide) groups is 1. The number of anilines is 1. The van der Waals surface area contributed by atoms with Gasteiger partial charge in [0.15, 0.2) is 0 Å². The van der Waals surface area contributed by atoms with Gasteiger partial charge < -0.3 is 10.1 Å². The van der Waals surface area contributed by atoms with Crippen molar-refractivity contribution >= 4 is 40.6 Å². The second kappa shape index (κ2) is 10.4. The molecule has 0 radical (unpaired) electrons. The van der Waals surface area contributed by atoms with Crippen LogP contribution in [0.3, 0.4) is 0 Å². The molecule has 1 saturated heterocycles.